The Morgan fingerprint density at radius 3 is 2.95 bits per heavy atom. The van der Waals surface area contributed by atoms with Crippen LogP contribution in [0.4, 0.5) is 0 Å². The van der Waals surface area contributed by atoms with Crippen LogP contribution in [0.5, 0.6) is 0 Å². The van der Waals surface area contributed by atoms with Crippen LogP contribution >= 0.6 is 11.3 Å². The highest BCUT2D eigenvalue weighted by Crippen LogP contribution is 2.27. The molecule has 0 aliphatic carbocycles. The van der Waals surface area contributed by atoms with E-state index in [0.717, 1.165) is 53.9 Å². The highest BCUT2D eigenvalue weighted by atomic mass is 32.1. The van der Waals surface area contributed by atoms with Gasteiger partial charge in [0.2, 0.25) is 0 Å². The molecule has 3 aromatic heterocycles. The molecule has 0 spiro atoms. The van der Waals surface area contributed by atoms with Gasteiger partial charge in [-0.2, -0.15) is 0 Å². The van der Waals surface area contributed by atoms with Crippen LogP contribution in [-0.4, -0.2) is 19.5 Å². The highest BCUT2D eigenvalue weighted by Gasteiger charge is 2.18. The van der Waals surface area contributed by atoms with Gasteiger partial charge in [0.25, 0.3) is 5.56 Å². The maximum atomic E-state index is 12.6. The first-order valence-electron chi connectivity index (χ1n) is 6.47. The third kappa shape index (κ3) is 1.59. The minimum absolute atomic E-state index is 0.0756. The normalized spacial score (nSPS) is 15.6. The standard InChI is InChI=1S/C13H12N4OS/c18-13-11-9(10-12(19-11)15-6-5-14-10)16-8-4-2-1-3-7-17(8)13/h5-6H,1-4,7H2. The Morgan fingerprint density at radius 1 is 1.11 bits per heavy atom. The molecule has 4 rings (SSSR count). The quantitative estimate of drug-likeness (QED) is 0.629. The molecule has 0 fully saturated rings. The molecule has 19 heavy (non-hydrogen) atoms. The van der Waals surface area contributed by atoms with Crippen LogP contribution in [0.1, 0.15) is 25.1 Å². The average molecular weight is 272 g/mol. The smallest absolute Gasteiger partial charge is 0.271 e. The second-order valence-corrected chi connectivity index (χ2v) is 5.78. The van der Waals surface area contributed by atoms with Gasteiger partial charge in [0, 0.05) is 25.4 Å². The van der Waals surface area contributed by atoms with Crippen molar-refractivity contribution >= 4 is 31.9 Å². The van der Waals surface area contributed by atoms with Crippen LogP contribution in [0.15, 0.2) is 17.2 Å². The van der Waals surface area contributed by atoms with Crippen LogP contribution in [0, 0.1) is 0 Å². The number of hydrogen-bond acceptors (Lipinski definition) is 5. The van der Waals surface area contributed by atoms with Crippen molar-refractivity contribution in [1.29, 1.82) is 0 Å². The predicted octanol–water partition coefficient (Wildman–Crippen LogP) is 2.13. The third-order valence-electron chi connectivity index (χ3n) is 3.58. The number of thiophene rings is 1. The molecule has 96 valence electrons. The van der Waals surface area contributed by atoms with E-state index >= 15 is 0 Å². The van der Waals surface area contributed by atoms with E-state index in [1.807, 2.05) is 4.57 Å². The van der Waals surface area contributed by atoms with Gasteiger partial charge < -0.3 is 0 Å². The minimum Gasteiger partial charge on any atom is -0.295 e. The zero-order chi connectivity index (χ0) is 12.8. The number of fused-ring (bicyclic) bond motifs is 4. The van der Waals surface area contributed by atoms with E-state index in [0.29, 0.717) is 4.70 Å². The van der Waals surface area contributed by atoms with Gasteiger partial charge in [-0.15, -0.1) is 11.3 Å². The molecular weight excluding hydrogens is 260 g/mol. The zero-order valence-electron chi connectivity index (χ0n) is 10.3. The first-order chi connectivity index (χ1) is 9.34. The summed E-state index contributed by atoms with van der Waals surface area (Å²) in [6, 6.07) is 0. The summed E-state index contributed by atoms with van der Waals surface area (Å²) >= 11 is 1.40. The third-order valence-corrected chi connectivity index (χ3v) is 4.64. The molecule has 3 aromatic rings. The van der Waals surface area contributed by atoms with E-state index in [1.165, 1.54) is 11.3 Å². The molecule has 0 aromatic carbocycles. The summed E-state index contributed by atoms with van der Waals surface area (Å²) in [5.74, 6) is 0.903. The molecule has 4 heterocycles. The van der Waals surface area contributed by atoms with E-state index < -0.39 is 0 Å². The maximum Gasteiger partial charge on any atom is 0.271 e. The molecule has 1 aliphatic rings. The fraction of sp³-hybridized carbons (Fsp3) is 0.385. The number of aromatic nitrogens is 4. The van der Waals surface area contributed by atoms with Gasteiger partial charge in [-0.25, -0.2) is 15.0 Å². The van der Waals surface area contributed by atoms with Crippen molar-refractivity contribution in [2.75, 3.05) is 0 Å². The van der Waals surface area contributed by atoms with E-state index in [1.54, 1.807) is 12.4 Å². The van der Waals surface area contributed by atoms with E-state index in [-0.39, 0.29) is 5.56 Å². The van der Waals surface area contributed by atoms with Crippen molar-refractivity contribution in [1.82, 2.24) is 19.5 Å². The molecule has 0 saturated heterocycles. The molecule has 0 atom stereocenters. The Morgan fingerprint density at radius 2 is 2.00 bits per heavy atom. The summed E-state index contributed by atoms with van der Waals surface area (Å²) in [7, 11) is 0. The lowest BCUT2D eigenvalue weighted by Crippen LogP contribution is -2.23. The van der Waals surface area contributed by atoms with Crippen LogP contribution in [0.3, 0.4) is 0 Å². The van der Waals surface area contributed by atoms with Gasteiger partial charge in [-0.1, -0.05) is 6.42 Å². The summed E-state index contributed by atoms with van der Waals surface area (Å²) in [5.41, 5.74) is 1.56. The van der Waals surface area contributed by atoms with Gasteiger partial charge in [-0.3, -0.25) is 9.36 Å². The molecule has 0 saturated carbocycles. The number of hydrogen-bond donors (Lipinski definition) is 0. The van der Waals surface area contributed by atoms with Gasteiger partial charge in [0.05, 0.1) is 0 Å². The van der Waals surface area contributed by atoms with Crippen molar-refractivity contribution in [3.05, 3.63) is 28.6 Å². The van der Waals surface area contributed by atoms with Gasteiger partial charge >= 0.3 is 0 Å². The van der Waals surface area contributed by atoms with Crippen molar-refractivity contribution in [3.63, 3.8) is 0 Å². The van der Waals surface area contributed by atoms with Crippen LogP contribution < -0.4 is 5.56 Å². The summed E-state index contributed by atoms with van der Waals surface area (Å²) in [6.07, 6.45) is 7.51. The molecule has 6 heteroatoms. The number of aryl methyl sites for hydroxylation is 1. The lowest BCUT2D eigenvalue weighted by Gasteiger charge is -2.07. The monoisotopic (exact) mass is 272 g/mol. The Bertz CT molecular complexity index is 836. The SMILES string of the molecule is O=c1c2sc3nccnc3c2nc2n1CCCCC2. The zero-order valence-corrected chi connectivity index (χ0v) is 11.1. The molecular formula is C13H12N4OS. The fourth-order valence-electron chi connectivity index (χ4n) is 2.64. The van der Waals surface area contributed by atoms with Crippen LogP contribution in [0.2, 0.25) is 0 Å². The van der Waals surface area contributed by atoms with Crippen molar-refractivity contribution < 1.29 is 0 Å². The summed E-state index contributed by atoms with van der Waals surface area (Å²) in [5, 5.41) is 0. The van der Waals surface area contributed by atoms with Crippen molar-refractivity contribution in [2.24, 2.45) is 0 Å². The summed E-state index contributed by atoms with van der Waals surface area (Å²) < 4.78 is 2.52. The molecule has 0 N–H and O–H groups in total. The largest absolute Gasteiger partial charge is 0.295 e. The fourth-order valence-corrected chi connectivity index (χ4v) is 3.63. The lowest BCUT2D eigenvalue weighted by atomic mass is 10.2. The number of nitrogens with zero attached hydrogens (tertiary/aromatic N) is 4. The Labute approximate surface area is 113 Å². The van der Waals surface area contributed by atoms with Gasteiger partial charge in [0.15, 0.2) is 0 Å². The molecule has 5 nitrogen and oxygen atoms in total. The maximum absolute atomic E-state index is 12.6. The van der Waals surface area contributed by atoms with Gasteiger partial charge in [0.1, 0.15) is 26.4 Å². The second kappa shape index (κ2) is 4.09. The predicted molar refractivity (Wildman–Crippen MR) is 74.5 cm³/mol. The average Bonchev–Trinajstić information content (AvgIpc) is 2.64. The minimum atomic E-state index is 0.0756. The Hall–Kier alpha value is -1.82. The molecule has 0 unspecified atom stereocenters. The Kier molecular flexibility index (Phi) is 2.38. The lowest BCUT2D eigenvalue weighted by molar-refractivity contribution is 0.615. The first-order valence-corrected chi connectivity index (χ1v) is 7.29. The summed E-state index contributed by atoms with van der Waals surface area (Å²) in [4.78, 5) is 26.7. The highest BCUT2D eigenvalue weighted by molar-refractivity contribution is 7.25. The number of rotatable bonds is 0. The van der Waals surface area contributed by atoms with Gasteiger partial charge in [-0.05, 0) is 12.8 Å². The van der Waals surface area contributed by atoms with Crippen LogP contribution in [-0.2, 0) is 13.0 Å². The van der Waals surface area contributed by atoms with Crippen LogP contribution in [0.25, 0.3) is 20.6 Å². The summed E-state index contributed by atoms with van der Waals surface area (Å²) in [6.45, 7) is 0.784. The molecule has 0 amide bonds. The molecule has 1 aliphatic heterocycles. The molecule has 0 bridgehead atoms. The van der Waals surface area contributed by atoms with Crippen molar-refractivity contribution in [3.8, 4) is 0 Å². The van der Waals surface area contributed by atoms with E-state index in [9.17, 15) is 4.79 Å². The van der Waals surface area contributed by atoms with E-state index in [2.05, 4.69) is 9.97 Å². The first kappa shape index (κ1) is 11.0. The molecule has 0 radical (unpaired) electrons. The van der Waals surface area contributed by atoms with E-state index in [4.69, 9.17) is 4.98 Å². The Balaban J connectivity index is 2.14. The second-order valence-electron chi connectivity index (χ2n) is 4.79. The van der Waals surface area contributed by atoms with Crippen molar-refractivity contribution in [2.45, 2.75) is 32.2 Å². The topological polar surface area (TPSA) is 60.7 Å².